The number of aromatic carboxylic acids is 1. The minimum atomic E-state index is -2.93. The quantitative estimate of drug-likeness (QED) is 0.864. The van der Waals surface area contributed by atoms with Crippen LogP contribution in [0.2, 0.25) is 0 Å². The number of carboxylic acids is 1. The summed E-state index contributed by atoms with van der Waals surface area (Å²) in [5.74, 6) is -0.742. The highest BCUT2D eigenvalue weighted by atomic mass is 32.2. The molecule has 0 radical (unpaired) electrons. The van der Waals surface area contributed by atoms with Crippen LogP contribution in [0.25, 0.3) is 0 Å². The van der Waals surface area contributed by atoms with Crippen LogP contribution < -0.4 is 0 Å². The van der Waals surface area contributed by atoms with Crippen LogP contribution in [0.5, 0.6) is 0 Å². The number of aromatic nitrogens is 1. The lowest BCUT2D eigenvalue weighted by Gasteiger charge is -2.33. The van der Waals surface area contributed by atoms with E-state index >= 15 is 0 Å². The van der Waals surface area contributed by atoms with Crippen LogP contribution in [0.15, 0.2) is 18.3 Å². The molecule has 1 saturated heterocycles. The first-order valence-corrected chi connectivity index (χ1v) is 7.82. The van der Waals surface area contributed by atoms with E-state index < -0.39 is 15.8 Å². The van der Waals surface area contributed by atoms with Crippen molar-refractivity contribution in [1.82, 2.24) is 9.88 Å². The average molecular weight is 284 g/mol. The van der Waals surface area contributed by atoms with Crippen LogP contribution in [-0.4, -0.2) is 53.5 Å². The van der Waals surface area contributed by atoms with Crippen LogP contribution in [0, 0.1) is 0 Å². The lowest BCUT2D eigenvalue weighted by Crippen LogP contribution is -2.46. The smallest absolute Gasteiger partial charge is 0.354 e. The van der Waals surface area contributed by atoms with Gasteiger partial charge in [-0.25, -0.2) is 18.2 Å². The predicted octanol–water partition coefficient (Wildman–Crippen LogP) is 0.399. The Morgan fingerprint density at radius 3 is 2.95 bits per heavy atom. The molecule has 7 heteroatoms. The third kappa shape index (κ3) is 3.51. The monoisotopic (exact) mass is 284 g/mol. The standard InChI is InChI=1S/C12H16N2O4S/c1-9-8-19(17,18)5-4-14(9)7-10-2-3-13-11(6-10)12(15)16/h2-3,6,9H,4-5,7-8H2,1H3,(H,15,16). The minimum Gasteiger partial charge on any atom is -0.477 e. The Balaban J connectivity index is 2.09. The van der Waals surface area contributed by atoms with Gasteiger partial charge >= 0.3 is 5.97 Å². The summed E-state index contributed by atoms with van der Waals surface area (Å²) in [6, 6.07) is 3.22. The molecular formula is C12H16N2O4S. The maximum atomic E-state index is 11.5. The number of carboxylic acid groups (broad SMARTS) is 1. The highest BCUT2D eigenvalue weighted by Gasteiger charge is 2.27. The molecule has 0 amide bonds. The summed E-state index contributed by atoms with van der Waals surface area (Å²) in [6.45, 7) is 2.89. The highest BCUT2D eigenvalue weighted by Crippen LogP contribution is 2.15. The van der Waals surface area contributed by atoms with Gasteiger partial charge in [0.25, 0.3) is 0 Å². The molecule has 1 atom stereocenters. The van der Waals surface area contributed by atoms with Crippen molar-refractivity contribution in [3.05, 3.63) is 29.6 Å². The van der Waals surface area contributed by atoms with E-state index in [1.54, 1.807) is 6.07 Å². The molecule has 6 nitrogen and oxygen atoms in total. The molecule has 0 aliphatic carbocycles. The van der Waals surface area contributed by atoms with E-state index in [1.165, 1.54) is 12.3 Å². The average Bonchev–Trinajstić information content (AvgIpc) is 2.32. The zero-order valence-corrected chi connectivity index (χ0v) is 11.4. The second kappa shape index (κ2) is 5.26. The van der Waals surface area contributed by atoms with Gasteiger partial charge in [-0.3, -0.25) is 4.90 Å². The van der Waals surface area contributed by atoms with Crippen molar-refractivity contribution in [2.24, 2.45) is 0 Å². The molecule has 1 aliphatic rings. The van der Waals surface area contributed by atoms with Crippen LogP contribution >= 0.6 is 0 Å². The molecule has 1 unspecified atom stereocenters. The molecule has 1 aromatic rings. The van der Waals surface area contributed by atoms with Crippen LogP contribution in [0.4, 0.5) is 0 Å². The van der Waals surface area contributed by atoms with E-state index in [1.807, 2.05) is 11.8 Å². The summed E-state index contributed by atoms with van der Waals surface area (Å²) < 4.78 is 23.0. The van der Waals surface area contributed by atoms with Gasteiger partial charge in [-0.15, -0.1) is 0 Å². The summed E-state index contributed by atoms with van der Waals surface area (Å²) in [4.78, 5) is 16.6. The molecule has 1 aliphatic heterocycles. The van der Waals surface area contributed by atoms with E-state index in [0.29, 0.717) is 13.1 Å². The number of hydrogen-bond acceptors (Lipinski definition) is 5. The molecule has 1 aromatic heterocycles. The first-order valence-electron chi connectivity index (χ1n) is 6.00. The Kier molecular flexibility index (Phi) is 3.86. The molecule has 0 bridgehead atoms. The van der Waals surface area contributed by atoms with Gasteiger partial charge in [0, 0.05) is 25.3 Å². The summed E-state index contributed by atoms with van der Waals surface area (Å²) in [6.07, 6.45) is 1.46. The largest absolute Gasteiger partial charge is 0.477 e. The fraction of sp³-hybridized carbons (Fsp3) is 0.500. The summed E-state index contributed by atoms with van der Waals surface area (Å²) in [5, 5.41) is 8.88. The second-order valence-corrected chi connectivity index (χ2v) is 7.02. The lowest BCUT2D eigenvalue weighted by molar-refractivity contribution is 0.0690. The van der Waals surface area contributed by atoms with Crippen LogP contribution in [0.1, 0.15) is 23.0 Å². The van der Waals surface area contributed by atoms with E-state index in [-0.39, 0.29) is 23.2 Å². The van der Waals surface area contributed by atoms with Gasteiger partial charge in [0.2, 0.25) is 0 Å². The van der Waals surface area contributed by atoms with Gasteiger partial charge in [-0.05, 0) is 24.6 Å². The van der Waals surface area contributed by atoms with Crippen molar-refractivity contribution in [2.75, 3.05) is 18.1 Å². The van der Waals surface area contributed by atoms with Crippen LogP contribution in [-0.2, 0) is 16.4 Å². The maximum absolute atomic E-state index is 11.5. The highest BCUT2D eigenvalue weighted by molar-refractivity contribution is 7.91. The Morgan fingerprint density at radius 2 is 2.32 bits per heavy atom. The third-order valence-electron chi connectivity index (χ3n) is 3.24. The minimum absolute atomic E-state index is 0.00906. The number of sulfone groups is 1. The molecular weight excluding hydrogens is 268 g/mol. The molecule has 104 valence electrons. The van der Waals surface area contributed by atoms with Crippen molar-refractivity contribution in [1.29, 1.82) is 0 Å². The van der Waals surface area contributed by atoms with Crippen molar-refractivity contribution < 1.29 is 18.3 Å². The number of pyridine rings is 1. The fourth-order valence-electron chi connectivity index (χ4n) is 2.19. The van der Waals surface area contributed by atoms with E-state index in [9.17, 15) is 13.2 Å². The van der Waals surface area contributed by atoms with Gasteiger partial charge in [0.15, 0.2) is 9.84 Å². The molecule has 1 N–H and O–H groups in total. The number of carbonyl (C=O) groups is 1. The van der Waals surface area contributed by atoms with Gasteiger partial charge in [-0.2, -0.15) is 0 Å². The van der Waals surface area contributed by atoms with Crippen molar-refractivity contribution in [2.45, 2.75) is 19.5 Å². The molecule has 19 heavy (non-hydrogen) atoms. The molecule has 2 heterocycles. The third-order valence-corrected chi connectivity index (χ3v) is 5.03. The molecule has 2 rings (SSSR count). The Bertz CT molecular complexity index is 585. The first kappa shape index (κ1) is 14.0. The number of rotatable bonds is 3. The van der Waals surface area contributed by atoms with Crippen molar-refractivity contribution in [3.63, 3.8) is 0 Å². The second-order valence-electron chi connectivity index (χ2n) is 4.79. The van der Waals surface area contributed by atoms with Gasteiger partial charge in [0.05, 0.1) is 11.5 Å². The van der Waals surface area contributed by atoms with E-state index in [4.69, 9.17) is 5.11 Å². The molecule has 1 fully saturated rings. The van der Waals surface area contributed by atoms with Gasteiger partial charge in [-0.1, -0.05) is 0 Å². The zero-order valence-electron chi connectivity index (χ0n) is 10.6. The SMILES string of the molecule is CC1CS(=O)(=O)CCN1Cc1ccnc(C(=O)O)c1. The van der Waals surface area contributed by atoms with Crippen LogP contribution in [0.3, 0.4) is 0 Å². The first-order chi connectivity index (χ1) is 8.87. The van der Waals surface area contributed by atoms with Crippen molar-refractivity contribution >= 4 is 15.8 Å². The Hall–Kier alpha value is -1.47. The van der Waals surface area contributed by atoms with Gasteiger partial charge in [0.1, 0.15) is 5.69 Å². The molecule has 0 aromatic carbocycles. The Morgan fingerprint density at radius 1 is 1.58 bits per heavy atom. The molecule has 0 saturated carbocycles. The zero-order chi connectivity index (χ0) is 14.0. The van der Waals surface area contributed by atoms with Gasteiger partial charge < -0.3 is 5.11 Å². The number of nitrogens with zero attached hydrogens (tertiary/aromatic N) is 2. The summed E-state index contributed by atoms with van der Waals surface area (Å²) in [5.41, 5.74) is 0.841. The summed E-state index contributed by atoms with van der Waals surface area (Å²) in [7, 11) is -2.93. The van der Waals surface area contributed by atoms with E-state index in [2.05, 4.69) is 4.98 Å². The lowest BCUT2D eigenvalue weighted by atomic mass is 10.2. The maximum Gasteiger partial charge on any atom is 0.354 e. The predicted molar refractivity (Wildman–Crippen MR) is 69.7 cm³/mol. The van der Waals surface area contributed by atoms with E-state index in [0.717, 1.165) is 5.56 Å². The topological polar surface area (TPSA) is 87.6 Å². The number of hydrogen-bond donors (Lipinski definition) is 1. The summed E-state index contributed by atoms with van der Waals surface area (Å²) >= 11 is 0. The Labute approximate surface area is 112 Å². The fourth-order valence-corrected chi connectivity index (χ4v) is 3.82. The van der Waals surface area contributed by atoms with Crippen molar-refractivity contribution in [3.8, 4) is 0 Å². The normalized spacial score (nSPS) is 23.1. The molecule has 0 spiro atoms.